The number of carbonyl (C=O) groups excluding carboxylic acids is 1. The summed E-state index contributed by atoms with van der Waals surface area (Å²) >= 11 is 8.15. The molecule has 1 aromatic carbocycles. The van der Waals surface area contributed by atoms with Crippen molar-refractivity contribution in [3.05, 3.63) is 34.7 Å². The van der Waals surface area contributed by atoms with Gasteiger partial charge in [0.2, 0.25) is 5.82 Å². The highest BCUT2D eigenvalue weighted by Gasteiger charge is 2.26. The van der Waals surface area contributed by atoms with E-state index in [-0.39, 0.29) is 17.8 Å². The number of benzene rings is 1. The second-order valence-corrected chi connectivity index (χ2v) is 11.5. The quantitative estimate of drug-likeness (QED) is 0.246. The van der Waals surface area contributed by atoms with E-state index < -0.39 is 0 Å². The van der Waals surface area contributed by atoms with Crippen LogP contribution >= 0.6 is 23.4 Å². The third-order valence-electron chi connectivity index (χ3n) is 7.35. The van der Waals surface area contributed by atoms with Gasteiger partial charge in [0.25, 0.3) is 5.91 Å². The average Bonchev–Trinajstić information content (AvgIpc) is 3.54. The molecule has 0 bridgehead atoms. The molecule has 0 radical (unpaired) electrons. The molecule has 2 aliphatic heterocycles. The SMILES string of the molecule is CCc1[nH]c2nc(Sc3ccc4nnc(C(=O)NCC5CCNCC5)nc4c3)nc(N3CC[C@@H](N)C3)c2c1Cl. The Bertz CT molecular complexity index is 1520. The van der Waals surface area contributed by atoms with Crippen molar-refractivity contribution in [2.75, 3.05) is 37.6 Å². The lowest BCUT2D eigenvalue weighted by Gasteiger charge is -2.22. The van der Waals surface area contributed by atoms with E-state index in [9.17, 15) is 4.79 Å². The molecule has 0 aliphatic carbocycles. The van der Waals surface area contributed by atoms with Crippen LogP contribution in [0.3, 0.4) is 0 Å². The summed E-state index contributed by atoms with van der Waals surface area (Å²) in [6, 6.07) is 5.76. The number of amides is 1. The molecule has 2 fully saturated rings. The Labute approximate surface area is 235 Å². The summed E-state index contributed by atoms with van der Waals surface area (Å²) in [7, 11) is 0. The number of hydrogen-bond donors (Lipinski definition) is 4. The second kappa shape index (κ2) is 11.2. The van der Waals surface area contributed by atoms with Crippen LogP contribution < -0.4 is 21.3 Å². The molecule has 0 saturated carbocycles. The van der Waals surface area contributed by atoms with Crippen LogP contribution in [0.15, 0.2) is 28.3 Å². The zero-order chi connectivity index (χ0) is 26.9. The standard InChI is InChI=1S/C26H31ClN10OS/c1-2-17-21(27)20-22(31-17)33-26(34-24(20)37-10-7-15(28)13-37)39-16-3-4-18-19(11-16)32-23(36-35-18)25(38)30-12-14-5-8-29-9-6-14/h3-4,11,14-15,29H,2,5-10,12-13,28H2,1H3,(H,30,38)(H,31,33,34)/t15-/m1/s1. The fourth-order valence-electron chi connectivity index (χ4n) is 5.15. The minimum atomic E-state index is -0.307. The predicted molar refractivity (Wildman–Crippen MR) is 152 cm³/mol. The highest BCUT2D eigenvalue weighted by atomic mass is 35.5. The molecule has 5 N–H and O–H groups in total. The Balaban J connectivity index is 1.26. The van der Waals surface area contributed by atoms with Gasteiger partial charge in [0.15, 0.2) is 5.16 Å². The Kier molecular flexibility index (Phi) is 7.52. The summed E-state index contributed by atoms with van der Waals surface area (Å²) in [5.41, 5.74) is 9.05. The first kappa shape index (κ1) is 26.2. The number of nitrogens with one attached hydrogen (secondary N) is 3. The molecule has 5 heterocycles. The third-order valence-corrected chi connectivity index (χ3v) is 8.62. The summed E-state index contributed by atoms with van der Waals surface area (Å²) in [6.45, 7) is 6.18. The monoisotopic (exact) mass is 566 g/mol. The number of aromatic nitrogens is 6. The van der Waals surface area contributed by atoms with Crippen LogP contribution in [-0.2, 0) is 6.42 Å². The lowest BCUT2D eigenvalue weighted by Crippen LogP contribution is -2.36. The van der Waals surface area contributed by atoms with Crippen molar-refractivity contribution in [1.82, 2.24) is 40.8 Å². The molecule has 13 heteroatoms. The number of carbonyl (C=O) groups is 1. The van der Waals surface area contributed by atoms with E-state index in [1.165, 1.54) is 11.8 Å². The van der Waals surface area contributed by atoms with E-state index in [2.05, 4.69) is 42.6 Å². The minimum Gasteiger partial charge on any atom is -0.354 e. The van der Waals surface area contributed by atoms with E-state index in [4.69, 9.17) is 27.3 Å². The third kappa shape index (κ3) is 5.51. The highest BCUT2D eigenvalue weighted by molar-refractivity contribution is 7.99. The van der Waals surface area contributed by atoms with Crippen LogP contribution in [0.1, 0.15) is 42.5 Å². The maximum atomic E-state index is 12.7. The van der Waals surface area contributed by atoms with E-state index >= 15 is 0 Å². The number of fused-ring (bicyclic) bond motifs is 2. The molecule has 0 spiro atoms. The van der Waals surface area contributed by atoms with Crippen LogP contribution in [0.25, 0.3) is 22.1 Å². The summed E-state index contributed by atoms with van der Waals surface area (Å²) in [4.78, 5) is 33.4. The Morgan fingerprint density at radius 2 is 2.03 bits per heavy atom. The normalized spacial score (nSPS) is 18.3. The number of H-pyrrole nitrogens is 1. The molecule has 39 heavy (non-hydrogen) atoms. The number of anilines is 1. The fourth-order valence-corrected chi connectivity index (χ4v) is 6.29. The largest absolute Gasteiger partial charge is 0.354 e. The molecule has 1 amide bonds. The van der Waals surface area contributed by atoms with Gasteiger partial charge in [-0.25, -0.2) is 15.0 Å². The van der Waals surface area contributed by atoms with Crippen LogP contribution in [0.5, 0.6) is 0 Å². The number of rotatable bonds is 7. The zero-order valence-corrected chi connectivity index (χ0v) is 23.3. The number of halogens is 1. The Morgan fingerprint density at radius 1 is 1.18 bits per heavy atom. The molecule has 11 nitrogen and oxygen atoms in total. The average molecular weight is 567 g/mol. The molecule has 6 rings (SSSR count). The van der Waals surface area contributed by atoms with Gasteiger partial charge in [-0.2, -0.15) is 0 Å². The van der Waals surface area contributed by atoms with Gasteiger partial charge in [-0.15, -0.1) is 10.2 Å². The Hall–Kier alpha value is -3.06. The van der Waals surface area contributed by atoms with Gasteiger partial charge >= 0.3 is 0 Å². The first-order valence-corrected chi connectivity index (χ1v) is 14.6. The number of nitrogens with zero attached hydrogens (tertiary/aromatic N) is 6. The topological polar surface area (TPSA) is 151 Å². The molecule has 4 aromatic rings. The number of aryl methyl sites for hydroxylation is 1. The van der Waals surface area contributed by atoms with Crippen molar-refractivity contribution < 1.29 is 4.79 Å². The second-order valence-electron chi connectivity index (χ2n) is 10.1. The van der Waals surface area contributed by atoms with Crippen molar-refractivity contribution in [3.63, 3.8) is 0 Å². The van der Waals surface area contributed by atoms with Gasteiger partial charge in [0, 0.05) is 36.3 Å². The van der Waals surface area contributed by atoms with Crippen molar-refractivity contribution in [2.45, 2.75) is 48.7 Å². The van der Waals surface area contributed by atoms with Gasteiger partial charge in [-0.3, -0.25) is 4.79 Å². The molecular formula is C26H31ClN10OS. The molecule has 3 aromatic heterocycles. The highest BCUT2D eigenvalue weighted by Crippen LogP contribution is 2.37. The maximum Gasteiger partial charge on any atom is 0.291 e. The van der Waals surface area contributed by atoms with Crippen molar-refractivity contribution in [3.8, 4) is 0 Å². The minimum absolute atomic E-state index is 0.0667. The number of piperidine rings is 1. The van der Waals surface area contributed by atoms with Gasteiger partial charge in [-0.1, -0.05) is 18.5 Å². The summed E-state index contributed by atoms with van der Waals surface area (Å²) in [5.74, 6) is 1.03. The first-order chi connectivity index (χ1) is 19.0. The lowest BCUT2D eigenvalue weighted by atomic mass is 9.98. The molecule has 1 atom stereocenters. The molecular weight excluding hydrogens is 536 g/mol. The summed E-state index contributed by atoms with van der Waals surface area (Å²) < 4.78 is 0. The molecule has 2 saturated heterocycles. The van der Waals surface area contributed by atoms with Crippen LogP contribution in [0.4, 0.5) is 5.82 Å². The van der Waals surface area contributed by atoms with Crippen LogP contribution in [0.2, 0.25) is 5.02 Å². The van der Waals surface area contributed by atoms with Gasteiger partial charge < -0.3 is 26.3 Å². The lowest BCUT2D eigenvalue weighted by molar-refractivity contribution is 0.0933. The molecule has 0 unspecified atom stereocenters. The van der Waals surface area contributed by atoms with Gasteiger partial charge in [0.1, 0.15) is 17.0 Å². The van der Waals surface area contributed by atoms with E-state index in [1.54, 1.807) is 0 Å². The van der Waals surface area contributed by atoms with Crippen molar-refractivity contribution in [1.29, 1.82) is 0 Å². The summed E-state index contributed by atoms with van der Waals surface area (Å²) in [6.07, 6.45) is 3.77. The zero-order valence-electron chi connectivity index (χ0n) is 21.7. The first-order valence-electron chi connectivity index (χ1n) is 13.4. The Morgan fingerprint density at radius 3 is 2.79 bits per heavy atom. The predicted octanol–water partition coefficient (Wildman–Crippen LogP) is 2.93. The smallest absolute Gasteiger partial charge is 0.291 e. The molecule has 2 aliphatic rings. The fraction of sp³-hybridized carbons (Fsp3) is 0.462. The maximum absolute atomic E-state index is 12.7. The van der Waals surface area contributed by atoms with Crippen LogP contribution in [-0.4, -0.2) is 74.8 Å². The molecule has 204 valence electrons. The van der Waals surface area contributed by atoms with Crippen molar-refractivity contribution in [2.24, 2.45) is 11.7 Å². The number of aromatic amines is 1. The van der Waals surface area contributed by atoms with Gasteiger partial charge in [0.05, 0.1) is 15.9 Å². The van der Waals surface area contributed by atoms with E-state index in [0.29, 0.717) is 39.3 Å². The van der Waals surface area contributed by atoms with Crippen LogP contribution in [0, 0.1) is 5.92 Å². The van der Waals surface area contributed by atoms with E-state index in [0.717, 1.165) is 73.7 Å². The number of nitrogens with two attached hydrogens (primary N) is 1. The van der Waals surface area contributed by atoms with E-state index in [1.807, 2.05) is 18.2 Å². The van der Waals surface area contributed by atoms with Crippen molar-refractivity contribution >= 4 is 57.2 Å². The number of hydrogen-bond acceptors (Lipinski definition) is 10. The summed E-state index contributed by atoms with van der Waals surface area (Å²) in [5, 5.41) is 16.7. The van der Waals surface area contributed by atoms with Gasteiger partial charge in [-0.05, 0) is 74.7 Å².